The lowest BCUT2D eigenvalue weighted by molar-refractivity contribution is -0.149. The fourth-order valence-corrected chi connectivity index (χ4v) is 4.62. The van der Waals surface area contributed by atoms with E-state index in [4.69, 9.17) is 10.5 Å². The van der Waals surface area contributed by atoms with E-state index in [0.717, 1.165) is 32.1 Å². The number of carbonyl (C=O) groups excluding carboxylic acids is 2. The molecule has 0 radical (unpaired) electrons. The number of ether oxygens (including phenoxy) is 1. The second kappa shape index (κ2) is 7.34. The molecule has 1 aliphatic carbocycles. The van der Waals surface area contributed by atoms with E-state index < -0.39 is 5.41 Å². The van der Waals surface area contributed by atoms with Crippen molar-refractivity contribution in [2.45, 2.75) is 57.0 Å². The topological polar surface area (TPSA) is 108 Å². The van der Waals surface area contributed by atoms with E-state index in [1.165, 1.54) is 6.42 Å². The summed E-state index contributed by atoms with van der Waals surface area (Å²) in [6.45, 7) is 0.624. The standard InChI is InChI=1S/C21H26N4O3/c22-12-16-17(23)7-4-8-18(16)28-13-21(11-15-9-10-25(15)20(21)27)19(26)24-14-5-2-1-3-6-14/h4,7-8,14-15H,1-3,5-6,9-11,13,23H2,(H,24,26). The molecule has 1 saturated carbocycles. The first-order chi connectivity index (χ1) is 13.5. The fourth-order valence-electron chi connectivity index (χ4n) is 4.62. The Kier molecular flexibility index (Phi) is 4.88. The zero-order chi connectivity index (χ0) is 19.7. The van der Waals surface area contributed by atoms with Gasteiger partial charge in [-0.25, -0.2) is 0 Å². The number of nitrogens with two attached hydrogens (primary N) is 1. The molecule has 3 fully saturated rings. The quantitative estimate of drug-likeness (QED) is 0.598. The van der Waals surface area contributed by atoms with Crippen molar-refractivity contribution < 1.29 is 14.3 Å². The number of anilines is 1. The van der Waals surface area contributed by atoms with Gasteiger partial charge in [-0.05, 0) is 37.8 Å². The largest absolute Gasteiger partial charge is 0.490 e. The molecule has 3 aliphatic rings. The van der Waals surface area contributed by atoms with E-state index in [2.05, 4.69) is 5.32 Å². The van der Waals surface area contributed by atoms with Gasteiger partial charge in [0.15, 0.2) is 5.41 Å². The summed E-state index contributed by atoms with van der Waals surface area (Å²) < 4.78 is 5.89. The van der Waals surface area contributed by atoms with E-state index in [1.807, 2.05) is 6.07 Å². The summed E-state index contributed by atoms with van der Waals surface area (Å²) in [5.74, 6) is -0.0740. The molecule has 3 N–H and O–H groups in total. The Morgan fingerprint density at radius 2 is 2.11 bits per heavy atom. The third kappa shape index (κ3) is 3.07. The minimum Gasteiger partial charge on any atom is -0.490 e. The van der Waals surface area contributed by atoms with Crippen molar-refractivity contribution in [3.05, 3.63) is 23.8 Å². The van der Waals surface area contributed by atoms with Crippen LogP contribution >= 0.6 is 0 Å². The molecule has 1 aromatic rings. The van der Waals surface area contributed by atoms with Crippen LogP contribution in [0.1, 0.15) is 50.5 Å². The first-order valence-electron chi connectivity index (χ1n) is 10.1. The lowest BCUT2D eigenvalue weighted by Crippen LogP contribution is -2.53. The maximum Gasteiger partial charge on any atom is 0.242 e. The Bertz CT molecular complexity index is 827. The predicted octanol–water partition coefficient (Wildman–Crippen LogP) is 1.96. The van der Waals surface area contributed by atoms with E-state index in [-0.39, 0.29) is 36.1 Å². The van der Waals surface area contributed by atoms with Gasteiger partial charge in [-0.1, -0.05) is 25.3 Å². The third-order valence-corrected chi connectivity index (χ3v) is 6.42. The van der Waals surface area contributed by atoms with Crippen LogP contribution in [0.4, 0.5) is 5.69 Å². The highest BCUT2D eigenvalue weighted by molar-refractivity contribution is 6.07. The van der Waals surface area contributed by atoms with Gasteiger partial charge in [-0.15, -0.1) is 0 Å². The molecule has 7 heteroatoms. The van der Waals surface area contributed by atoms with Crippen molar-refractivity contribution in [1.82, 2.24) is 10.2 Å². The van der Waals surface area contributed by atoms with Crippen LogP contribution in [0.5, 0.6) is 5.75 Å². The van der Waals surface area contributed by atoms with Crippen LogP contribution < -0.4 is 15.8 Å². The molecule has 1 aromatic carbocycles. The number of amides is 2. The molecule has 0 spiro atoms. The summed E-state index contributed by atoms with van der Waals surface area (Å²) >= 11 is 0. The molecule has 2 aliphatic heterocycles. The Labute approximate surface area is 164 Å². The van der Waals surface area contributed by atoms with Crippen LogP contribution in [-0.2, 0) is 9.59 Å². The fraction of sp³-hybridized carbons (Fsp3) is 0.571. The van der Waals surface area contributed by atoms with E-state index in [1.54, 1.807) is 23.1 Å². The maximum absolute atomic E-state index is 13.3. The second-order valence-electron chi connectivity index (χ2n) is 8.16. The van der Waals surface area contributed by atoms with Crippen molar-refractivity contribution in [3.63, 3.8) is 0 Å². The van der Waals surface area contributed by atoms with Gasteiger partial charge in [0.25, 0.3) is 0 Å². The lowest BCUT2D eigenvalue weighted by atomic mass is 9.83. The number of nitrogens with one attached hydrogen (secondary N) is 1. The zero-order valence-corrected chi connectivity index (χ0v) is 15.9. The first kappa shape index (κ1) is 18.6. The number of hydrogen-bond donors (Lipinski definition) is 2. The number of nitrogens with zero attached hydrogens (tertiary/aromatic N) is 2. The van der Waals surface area contributed by atoms with Gasteiger partial charge in [-0.2, -0.15) is 5.26 Å². The molecule has 2 heterocycles. The first-order valence-corrected chi connectivity index (χ1v) is 10.1. The number of fused-ring (bicyclic) bond motifs is 1. The molecule has 2 atom stereocenters. The number of hydrogen-bond acceptors (Lipinski definition) is 5. The smallest absolute Gasteiger partial charge is 0.242 e. The SMILES string of the molecule is N#Cc1c(N)cccc1OCC1(C(=O)NC2CCCCC2)CC2CCN2C1=O. The molecule has 0 bridgehead atoms. The second-order valence-corrected chi connectivity index (χ2v) is 8.16. The van der Waals surface area contributed by atoms with E-state index in [0.29, 0.717) is 24.4 Å². The maximum atomic E-state index is 13.3. The molecule has 2 saturated heterocycles. The van der Waals surface area contributed by atoms with Gasteiger partial charge < -0.3 is 20.7 Å². The molecular formula is C21H26N4O3. The van der Waals surface area contributed by atoms with Gasteiger partial charge in [0.1, 0.15) is 24.0 Å². The number of benzene rings is 1. The summed E-state index contributed by atoms with van der Waals surface area (Å²) in [5, 5.41) is 12.5. The average Bonchev–Trinajstić information content (AvgIpc) is 2.87. The molecule has 2 amide bonds. The van der Waals surface area contributed by atoms with Crippen molar-refractivity contribution in [3.8, 4) is 11.8 Å². The van der Waals surface area contributed by atoms with Crippen LogP contribution in [0.2, 0.25) is 0 Å². The van der Waals surface area contributed by atoms with E-state index >= 15 is 0 Å². The Balaban J connectivity index is 1.56. The van der Waals surface area contributed by atoms with Crippen LogP contribution in [0.15, 0.2) is 18.2 Å². The minimum absolute atomic E-state index is 0.0739. The third-order valence-electron chi connectivity index (χ3n) is 6.42. The number of rotatable bonds is 5. The Morgan fingerprint density at radius 1 is 1.32 bits per heavy atom. The van der Waals surface area contributed by atoms with Crippen LogP contribution in [0.3, 0.4) is 0 Å². The van der Waals surface area contributed by atoms with Crippen LogP contribution in [0, 0.1) is 16.7 Å². The number of nitriles is 1. The summed E-state index contributed by atoms with van der Waals surface area (Å²) in [7, 11) is 0. The van der Waals surface area contributed by atoms with Gasteiger partial charge in [0.05, 0.1) is 5.69 Å². The van der Waals surface area contributed by atoms with Crippen molar-refractivity contribution in [2.24, 2.45) is 5.41 Å². The van der Waals surface area contributed by atoms with E-state index in [9.17, 15) is 14.9 Å². The van der Waals surface area contributed by atoms with Gasteiger partial charge in [0, 0.05) is 18.6 Å². The van der Waals surface area contributed by atoms with Crippen LogP contribution in [0.25, 0.3) is 0 Å². The molecule has 4 rings (SSSR count). The Morgan fingerprint density at radius 3 is 2.71 bits per heavy atom. The van der Waals surface area contributed by atoms with Gasteiger partial charge >= 0.3 is 0 Å². The summed E-state index contributed by atoms with van der Waals surface area (Å²) in [4.78, 5) is 28.2. The lowest BCUT2D eigenvalue weighted by Gasteiger charge is -2.34. The Hall–Kier alpha value is -2.75. The van der Waals surface area contributed by atoms with Crippen LogP contribution in [-0.4, -0.2) is 41.9 Å². The molecule has 2 unspecified atom stereocenters. The molecular weight excluding hydrogens is 356 g/mol. The number of nitrogen functional groups attached to an aromatic ring is 1. The predicted molar refractivity (Wildman–Crippen MR) is 103 cm³/mol. The molecule has 7 nitrogen and oxygen atoms in total. The highest BCUT2D eigenvalue weighted by Gasteiger charge is 2.60. The highest BCUT2D eigenvalue weighted by atomic mass is 16.5. The van der Waals surface area contributed by atoms with Crippen molar-refractivity contribution in [2.75, 3.05) is 18.9 Å². The van der Waals surface area contributed by atoms with Gasteiger partial charge in [0.2, 0.25) is 11.8 Å². The minimum atomic E-state index is -1.23. The highest BCUT2D eigenvalue weighted by Crippen LogP contribution is 2.43. The average molecular weight is 382 g/mol. The van der Waals surface area contributed by atoms with Gasteiger partial charge in [-0.3, -0.25) is 9.59 Å². The van der Waals surface area contributed by atoms with Crippen molar-refractivity contribution >= 4 is 17.5 Å². The zero-order valence-electron chi connectivity index (χ0n) is 15.9. The molecule has 148 valence electrons. The monoisotopic (exact) mass is 382 g/mol. The molecule has 28 heavy (non-hydrogen) atoms. The normalized spacial score (nSPS) is 26.9. The summed E-state index contributed by atoms with van der Waals surface area (Å²) in [6, 6.07) is 7.26. The molecule has 0 aromatic heterocycles. The summed E-state index contributed by atoms with van der Waals surface area (Å²) in [6.07, 6.45) is 6.70. The number of carbonyl (C=O) groups is 2. The van der Waals surface area contributed by atoms with Crippen molar-refractivity contribution in [1.29, 1.82) is 5.26 Å². The summed E-state index contributed by atoms with van der Waals surface area (Å²) in [5.41, 5.74) is 5.19.